The van der Waals surface area contributed by atoms with Gasteiger partial charge < -0.3 is 28.8 Å². The lowest BCUT2D eigenvalue weighted by atomic mass is 10.0. The zero-order valence-corrected chi connectivity index (χ0v) is 21.9. The summed E-state index contributed by atoms with van der Waals surface area (Å²) in [5, 5.41) is 9.21. The van der Waals surface area contributed by atoms with Crippen LogP contribution in [0.5, 0.6) is 28.7 Å². The molecule has 0 spiro atoms. The molecule has 0 amide bonds. The van der Waals surface area contributed by atoms with Crippen molar-refractivity contribution in [3.8, 4) is 28.7 Å². The summed E-state index contributed by atoms with van der Waals surface area (Å²) in [5.41, 5.74) is 0.314. The minimum Gasteiger partial charge on any atom is -0.493 e. The molecule has 0 aliphatic rings. The van der Waals surface area contributed by atoms with E-state index in [2.05, 4.69) is 0 Å². The Balaban J connectivity index is 2.36. The highest BCUT2D eigenvalue weighted by Crippen LogP contribution is 2.39. The average molecular weight is 525 g/mol. The number of aliphatic hydroxyl groups is 1. The van der Waals surface area contributed by atoms with Crippen LogP contribution in [0.15, 0.2) is 29.2 Å². The van der Waals surface area contributed by atoms with Crippen LogP contribution in [0.25, 0.3) is 0 Å². The number of carbonyl (C=O) groups excluding carboxylic acids is 2. The Morgan fingerprint density at radius 3 is 1.67 bits per heavy atom. The lowest BCUT2D eigenvalue weighted by Gasteiger charge is -2.16. The van der Waals surface area contributed by atoms with E-state index in [4.69, 9.17) is 23.7 Å². The van der Waals surface area contributed by atoms with Gasteiger partial charge in [0, 0.05) is 24.0 Å². The Morgan fingerprint density at radius 2 is 1.25 bits per heavy atom. The summed E-state index contributed by atoms with van der Waals surface area (Å²) in [5.74, 6) is -0.352. The molecule has 0 saturated heterocycles. The van der Waals surface area contributed by atoms with Crippen molar-refractivity contribution in [1.29, 1.82) is 0 Å². The van der Waals surface area contributed by atoms with E-state index in [1.807, 2.05) is 6.92 Å². The first-order valence-corrected chi connectivity index (χ1v) is 12.9. The highest BCUT2D eigenvalue weighted by molar-refractivity contribution is 7.91. The Morgan fingerprint density at radius 1 is 0.778 bits per heavy atom. The molecule has 0 aliphatic carbocycles. The average Bonchev–Trinajstić information content (AvgIpc) is 2.88. The molecule has 2 rings (SSSR count). The van der Waals surface area contributed by atoms with Crippen molar-refractivity contribution in [2.45, 2.75) is 31.1 Å². The Bertz CT molecular complexity index is 1160. The van der Waals surface area contributed by atoms with Crippen LogP contribution in [-0.2, 0) is 9.84 Å². The van der Waals surface area contributed by atoms with Crippen LogP contribution in [-0.4, -0.2) is 72.5 Å². The number of methoxy groups -OCH3 is 4. The zero-order chi connectivity index (χ0) is 26.9. The van der Waals surface area contributed by atoms with Gasteiger partial charge in [0.15, 0.2) is 44.4 Å². The van der Waals surface area contributed by atoms with Gasteiger partial charge in [0.1, 0.15) is 4.90 Å². The first-order chi connectivity index (χ1) is 17.2. The third kappa shape index (κ3) is 6.67. The maximum absolute atomic E-state index is 13.0. The van der Waals surface area contributed by atoms with E-state index in [1.165, 1.54) is 52.7 Å². The van der Waals surface area contributed by atoms with Crippen molar-refractivity contribution in [1.82, 2.24) is 0 Å². The summed E-state index contributed by atoms with van der Waals surface area (Å²) in [6.45, 7) is 1.49. The standard InChI is InChI=1S/C25H32O10S/c1-6-10-35-25-22(33-4)14-17(15-23(25)36(29,30)11-9-26)19(28)8-7-18(27)16-12-20(31-2)24(34-5)21(13-16)32-3/h12-15,26H,6-11H2,1-5H3. The number of ketones is 2. The molecule has 11 heteroatoms. The van der Waals surface area contributed by atoms with E-state index < -0.39 is 28.0 Å². The summed E-state index contributed by atoms with van der Waals surface area (Å²) in [6, 6.07) is 5.58. The van der Waals surface area contributed by atoms with Gasteiger partial charge in [-0.2, -0.15) is 0 Å². The monoisotopic (exact) mass is 524 g/mol. The van der Waals surface area contributed by atoms with Crippen molar-refractivity contribution in [2.24, 2.45) is 0 Å². The molecular formula is C25H32O10S. The fourth-order valence-electron chi connectivity index (χ4n) is 3.45. The number of carbonyl (C=O) groups is 2. The highest BCUT2D eigenvalue weighted by Gasteiger charge is 2.26. The molecule has 0 aromatic heterocycles. The van der Waals surface area contributed by atoms with Crippen LogP contribution in [0.2, 0.25) is 0 Å². The van der Waals surface area contributed by atoms with Crippen LogP contribution in [0.3, 0.4) is 0 Å². The predicted molar refractivity (Wildman–Crippen MR) is 132 cm³/mol. The summed E-state index contributed by atoms with van der Waals surface area (Å²) in [7, 11) is 1.67. The largest absolute Gasteiger partial charge is 0.493 e. The van der Waals surface area contributed by atoms with Gasteiger partial charge in [-0.3, -0.25) is 9.59 Å². The van der Waals surface area contributed by atoms with E-state index in [1.54, 1.807) is 0 Å². The topological polar surface area (TPSA) is 135 Å². The number of benzene rings is 2. The second-order valence-electron chi connectivity index (χ2n) is 7.66. The van der Waals surface area contributed by atoms with Crippen LogP contribution in [0.4, 0.5) is 0 Å². The molecule has 0 unspecified atom stereocenters. The van der Waals surface area contributed by atoms with Gasteiger partial charge in [-0.15, -0.1) is 0 Å². The molecule has 36 heavy (non-hydrogen) atoms. The van der Waals surface area contributed by atoms with E-state index in [9.17, 15) is 23.1 Å². The van der Waals surface area contributed by atoms with Gasteiger partial charge in [-0.1, -0.05) is 6.92 Å². The van der Waals surface area contributed by atoms with Crippen molar-refractivity contribution >= 4 is 21.4 Å². The summed E-state index contributed by atoms with van der Waals surface area (Å²) in [6.07, 6.45) is 0.284. The molecule has 0 aliphatic heterocycles. The second-order valence-corrected chi connectivity index (χ2v) is 9.73. The molecule has 0 fully saturated rings. The molecule has 198 valence electrons. The Kier molecular flexibility index (Phi) is 10.5. The normalized spacial score (nSPS) is 11.1. The molecule has 2 aromatic rings. The third-order valence-electron chi connectivity index (χ3n) is 5.27. The van der Waals surface area contributed by atoms with E-state index in [0.717, 1.165) is 0 Å². The lowest BCUT2D eigenvalue weighted by Crippen LogP contribution is -2.14. The van der Waals surface area contributed by atoms with Crippen molar-refractivity contribution in [3.05, 3.63) is 35.4 Å². The molecular weight excluding hydrogens is 492 g/mol. The minimum atomic E-state index is -3.97. The van der Waals surface area contributed by atoms with E-state index in [0.29, 0.717) is 23.7 Å². The quantitative estimate of drug-likeness (QED) is 0.346. The fourth-order valence-corrected chi connectivity index (χ4v) is 4.66. The van der Waals surface area contributed by atoms with E-state index in [-0.39, 0.29) is 52.8 Å². The first-order valence-electron chi connectivity index (χ1n) is 11.2. The second kappa shape index (κ2) is 13.1. The fraction of sp³-hybridized carbons (Fsp3) is 0.440. The van der Waals surface area contributed by atoms with Crippen molar-refractivity contribution in [2.75, 3.05) is 47.4 Å². The molecule has 0 radical (unpaired) electrons. The number of hydrogen-bond donors (Lipinski definition) is 1. The van der Waals surface area contributed by atoms with E-state index >= 15 is 0 Å². The number of rotatable bonds is 15. The maximum Gasteiger partial charge on any atom is 0.203 e. The van der Waals surface area contributed by atoms with Crippen LogP contribution < -0.4 is 23.7 Å². The molecule has 0 bridgehead atoms. The molecule has 1 N–H and O–H groups in total. The molecule has 2 aromatic carbocycles. The number of sulfone groups is 1. The van der Waals surface area contributed by atoms with Gasteiger partial charge in [0.05, 0.1) is 47.4 Å². The first kappa shape index (κ1) is 28.9. The molecule has 10 nitrogen and oxygen atoms in total. The summed E-state index contributed by atoms with van der Waals surface area (Å²) >= 11 is 0. The number of aliphatic hydroxyl groups excluding tert-OH is 1. The van der Waals surface area contributed by atoms with Gasteiger partial charge in [-0.05, 0) is 30.7 Å². The number of hydrogen-bond acceptors (Lipinski definition) is 10. The minimum absolute atomic E-state index is 0.0159. The molecule has 0 atom stereocenters. The van der Waals surface area contributed by atoms with Crippen molar-refractivity contribution < 1.29 is 46.8 Å². The van der Waals surface area contributed by atoms with Gasteiger partial charge >= 0.3 is 0 Å². The Hall–Kier alpha value is -3.31. The molecule has 0 saturated carbocycles. The Labute approximate surface area is 211 Å². The molecule has 0 heterocycles. The number of Topliss-reactive ketones (excluding diaryl/α,β-unsaturated/α-hetero) is 2. The summed E-state index contributed by atoms with van der Waals surface area (Å²) in [4.78, 5) is 25.6. The van der Waals surface area contributed by atoms with Gasteiger partial charge in [0.25, 0.3) is 0 Å². The SMILES string of the molecule is CCCOc1c(OC)cc(C(=O)CCC(=O)c2cc(OC)c(OC)c(OC)c2)cc1S(=O)(=O)CCO. The van der Waals surface area contributed by atoms with Gasteiger partial charge in [-0.25, -0.2) is 8.42 Å². The maximum atomic E-state index is 13.0. The number of ether oxygens (including phenoxy) is 5. The lowest BCUT2D eigenvalue weighted by molar-refractivity contribution is 0.0917. The highest BCUT2D eigenvalue weighted by atomic mass is 32.2. The zero-order valence-electron chi connectivity index (χ0n) is 21.1. The van der Waals surface area contributed by atoms with Crippen LogP contribution in [0.1, 0.15) is 46.9 Å². The predicted octanol–water partition coefficient (Wildman–Crippen LogP) is 3.12. The van der Waals surface area contributed by atoms with Crippen molar-refractivity contribution in [3.63, 3.8) is 0 Å². The van der Waals surface area contributed by atoms with Gasteiger partial charge in [0.2, 0.25) is 5.75 Å². The van der Waals surface area contributed by atoms with Crippen LogP contribution in [0, 0.1) is 0 Å². The van der Waals surface area contributed by atoms with Crippen LogP contribution >= 0.6 is 0 Å². The smallest absolute Gasteiger partial charge is 0.203 e. The third-order valence-corrected chi connectivity index (χ3v) is 6.97. The summed E-state index contributed by atoms with van der Waals surface area (Å²) < 4.78 is 52.3.